The van der Waals surface area contributed by atoms with Crippen molar-refractivity contribution in [1.29, 1.82) is 0 Å². The molecule has 7 nitrogen and oxygen atoms in total. The second kappa shape index (κ2) is 10.4. The van der Waals surface area contributed by atoms with Crippen molar-refractivity contribution in [2.24, 2.45) is 5.10 Å². The Morgan fingerprint density at radius 1 is 0.968 bits per heavy atom. The number of phenols is 1. The quantitative estimate of drug-likeness (QED) is 0.310. The second-order valence-electron chi connectivity index (χ2n) is 6.41. The maximum atomic E-state index is 12.5. The van der Waals surface area contributed by atoms with Crippen LogP contribution in [0.3, 0.4) is 0 Å². The van der Waals surface area contributed by atoms with Gasteiger partial charge < -0.3 is 15.2 Å². The van der Waals surface area contributed by atoms with Crippen LogP contribution in [-0.2, 0) is 4.79 Å². The fourth-order valence-corrected chi connectivity index (χ4v) is 2.71. The van der Waals surface area contributed by atoms with E-state index in [9.17, 15) is 14.7 Å². The van der Waals surface area contributed by atoms with Crippen LogP contribution >= 0.6 is 0 Å². The molecule has 3 aromatic rings. The predicted octanol–water partition coefficient (Wildman–Crippen LogP) is 3.82. The van der Waals surface area contributed by atoms with Gasteiger partial charge in [-0.15, -0.1) is 0 Å². The number of methoxy groups -OCH3 is 1. The summed E-state index contributed by atoms with van der Waals surface area (Å²) in [7, 11) is 1.46. The average molecular weight is 415 g/mol. The zero-order chi connectivity index (χ0) is 22.1. The number of para-hydroxylation sites is 1. The molecule has 0 spiro atoms. The van der Waals surface area contributed by atoms with E-state index in [1.54, 1.807) is 42.5 Å². The van der Waals surface area contributed by atoms with Crippen molar-refractivity contribution in [2.45, 2.75) is 0 Å². The highest BCUT2D eigenvalue weighted by atomic mass is 16.5. The molecular formula is C24H21N3O4. The summed E-state index contributed by atoms with van der Waals surface area (Å²) in [6.07, 6.45) is 4.48. The zero-order valence-electron chi connectivity index (χ0n) is 16.8. The van der Waals surface area contributed by atoms with Crippen LogP contribution in [-0.4, -0.2) is 30.2 Å². The number of hydrogen-bond donors (Lipinski definition) is 3. The van der Waals surface area contributed by atoms with Crippen LogP contribution in [0.25, 0.3) is 6.08 Å². The Kier molecular flexibility index (Phi) is 7.16. The minimum atomic E-state index is -0.489. The van der Waals surface area contributed by atoms with E-state index in [2.05, 4.69) is 15.8 Å². The van der Waals surface area contributed by atoms with Gasteiger partial charge in [0, 0.05) is 6.08 Å². The van der Waals surface area contributed by atoms with Gasteiger partial charge in [0.25, 0.3) is 5.91 Å². The van der Waals surface area contributed by atoms with Gasteiger partial charge in [-0.25, -0.2) is 5.43 Å². The van der Waals surface area contributed by atoms with Crippen molar-refractivity contribution in [2.75, 3.05) is 12.4 Å². The minimum absolute atomic E-state index is 0.0330. The molecule has 0 aliphatic rings. The SMILES string of the molecule is COc1ccc(/C=N\NC(=O)c2ccccc2NC(=O)/C=C/c2ccccc2)cc1O. The van der Waals surface area contributed by atoms with Crippen LogP contribution in [0.2, 0.25) is 0 Å². The topological polar surface area (TPSA) is 100 Å². The first-order valence-corrected chi connectivity index (χ1v) is 9.40. The summed E-state index contributed by atoms with van der Waals surface area (Å²) in [5.74, 6) is -0.542. The van der Waals surface area contributed by atoms with Gasteiger partial charge in [0.05, 0.1) is 24.6 Å². The zero-order valence-corrected chi connectivity index (χ0v) is 16.8. The van der Waals surface area contributed by atoms with Crippen molar-refractivity contribution in [3.05, 3.63) is 95.6 Å². The average Bonchev–Trinajstić information content (AvgIpc) is 2.79. The summed E-state index contributed by atoms with van der Waals surface area (Å²) in [5.41, 5.74) is 4.51. The Balaban J connectivity index is 1.65. The fraction of sp³-hybridized carbons (Fsp3) is 0.0417. The van der Waals surface area contributed by atoms with Gasteiger partial charge >= 0.3 is 0 Å². The number of carbonyl (C=O) groups excluding carboxylic acids is 2. The normalized spacial score (nSPS) is 10.9. The molecule has 0 heterocycles. The number of aromatic hydroxyl groups is 1. The summed E-state index contributed by atoms with van der Waals surface area (Å²) in [6.45, 7) is 0. The highest BCUT2D eigenvalue weighted by Gasteiger charge is 2.11. The molecular weight excluding hydrogens is 394 g/mol. The van der Waals surface area contributed by atoms with E-state index in [4.69, 9.17) is 4.74 Å². The molecule has 0 atom stereocenters. The van der Waals surface area contributed by atoms with Gasteiger partial charge in [0.15, 0.2) is 11.5 Å². The lowest BCUT2D eigenvalue weighted by Crippen LogP contribution is -2.20. The molecule has 156 valence electrons. The molecule has 31 heavy (non-hydrogen) atoms. The Bertz CT molecular complexity index is 1120. The summed E-state index contributed by atoms with van der Waals surface area (Å²) in [4.78, 5) is 24.8. The van der Waals surface area contributed by atoms with Crippen molar-refractivity contribution < 1.29 is 19.4 Å². The van der Waals surface area contributed by atoms with E-state index in [1.807, 2.05) is 30.3 Å². The van der Waals surface area contributed by atoms with E-state index < -0.39 is 5.91 Å². The number of hydrogen-bond acceptors (Lipinski definition) is 5. The minimum Gasteiger partial charge on any atom is -0.504 e. The van der Waals surface area contributed by atoms with Crippen LogP contribution in [0, 0.1) is 0 Å². The smallest absolute Gasteiger partial charge is 0.273 e. The first-order valence-electron chi connectivity index (χ1n) is 9.40. The van der Waals surface area contributed by atoms with Crippen LogP contribution in [0.5, 0.6) is 11.5 Å². The lowest BCUT2D eigenvalue weighted by molar-refractivity contribution is -0.111. The molecule has 0 unspecified atom stereocenters. The number of rotatable bonds is 7. The lowest BCUT2D eigenvalue weighted by atomic mass is 10.1. The highest BCUT2D eigenvalue weighted by Crippen LogP contribution is 2.25. The Morgan fingerprint density at radius 2 is 1.71 bits per heavy atom. The molecule has 0 aliphatic heterocycles. The third-order valence-electron chi connectivity index (χ3n) is 4.24. The molecule has 7 heteroatoms. The summed E-state index contributed by atoms with van der Waals surface area (Å²) < 4.78 is 4.98. The second-order valence-corrected chi connectivity index (χ2v) is 6.41. The monoisotopic (exact) mass is 415 g/mol. The molecule has 0 aliphatic carbocycles. The van der Waals surface area contributed by atoms with Crippen LogP contribution in [0.1, 0.15) is 21.5 Å². The number of ether oxygens (including phenoxy) is 1. The maximum Gasteiger partial charge on any atom is 0.273 e. The van der Waals surface area contributed by atoms with Crippen molar-refractivity contribution >= 4 is 29.8 Å². The Labute approximate surface area is 179 Å². The fourth-order valence-electron chi connectivity index (χ4n) is 2.71. The van der Waals surface area contributed by atoms with Gasteiger partial charge in [-0.2, -0.15) is 5.10 Å². The summed E-state index contributed by atoms with van der Waals surface area (Å²) in [6, 6.07) is 20.8. The number of nitrogens with zero attached hydrogens (tertiary/aromatic N) is 1. The van der Waals surface area contributed by atoms with Crippen molar-refractivity contribution in [1.82, 2.24) is 5.43 Å². The van der Waals surface area contributed by atoms with Crippen molar-refractivity contribution in [3.63, 3.8) is 0 Å². The standard InChI is InChI=1S/C24H21N3O4/c1-31-22-13-11-18(15-21(22)28)16-25-27-24(30)19-9-5-6-10-20(19)26-23(29)14-12-17-7-3-2-4-8-17/h2-16,28H,1H3,(H,26,29)(H,27,30)/b14-12+,25-16-. The molecule has 0 saturated carbocycles. The van der Waals surface area contributed by atoms with Crippen molar-refractivity contribution in [3.8, 4) is 11.5 Å². The Morgan fingerprint density at radius 3 is 2.45 bits per heavy atom. The number of anilines is 1. The maximum absolute atomic E-state index is 12.5. The van der Waals surface area contributed by atoms with Crippen LogP contribution < -0.4 is 15.5 Å². The molecule has 3 N–H and O–H groups in total. The number of benzene rings is 3. The van der Waals surface area contributed by atoms with Gasteiger partial charge in [-0.05, 0) is 47.5 Å². The van der Waals surface area contributed by atoms with E-state index in [-0.39, 0.29) is 17.2 Å². The third kappa shape index (κ3) is 6.04. The number of amides is 2. The molecule has 3 aromatic carbocycles. The molecule has 0 aromatic heterocycles. The summed E-state index contributed by atoms with van der Waals surface area (Å²) in [5, 5.41) is 16.4. The molecule has 0 radical (unpaired) electrons. The van der Waals surface area contributed by atoms with Gasteiger partial charge in [0.2, 0.25) is 5.91 Å². The van der Waals surface area contributed by atoms with E-state index in [0.717, 1.165) is 5.56 Å². The van der Waals surface area contributed by atoms with E-state index in [0.29, 0.717) is 17.0 Å². The van der Waals surface area contributed by atoms with E-state index in [1.165, 1.54) is 25.5 Å². The largest absolute Gasteiger partial charge is 0.504 e. The van der Waals surface area contributed by atoms with E-state index >= 15 is 0 Å². The van der Waals surface area contributed by atoms with Gasteiger partial charge in [-0.1, -0.05) is 42.5 Å². The number of hydrazone groups is 1. The molecule has 0 fully saturated rings. The first kappa shape index (κ1) is 21.3. The van der Waals surface area contributed by atoms with Crippen LogP contribution in [0.15, 0.2) is 84.0 Å². The number of phenolic OH excluding ortho intramolecular Hbond substituents is 1. The molecule has 3 rings (SSSR count). The first-order chi connectivity index (χ1) is 15.1. The molecule has 0 bridgehead atoms. The summed E-state index contributed by atoms with van der Waals surface area (Å²) >= 11 is 0. The predicted molar refractivity (Wildman–Crippen MR) is 120 cm³/mol. The highest BCUT2D eigenvalue weighted by molar-refractivity contribution is 6.07. The lowest BCUT2D eigenvalue weighted by Gasteiger charge is -2.08. The number of nitrogens with one attached hydrogen (secondary N) is 2. The number of carbonyl (C=O) groups is 2. The third-order valence-corrected chi connectivity index (χ3v) is 4.24. The Hall–Kier alpha value is -4.39. The van der Waals surface area contributed by atoms with Gasteiger partial charge in [-0.3, -0.25) is 9.59 Å². The molecule has 2 amide bonds. The van der Waals surface area contributed by atoms with Crippen LogP contribution in [0.4, 0.5) is 5.69 Å². The van der Waals surface area contributed by atoms with Gasteiger partial charge in [0.1, 0.15) is 0 Å². The molecule has 0 saturated heterocycles.